The van der Waals surface area contributed by atoms with Crippen LogP contribution in [0.15, 0.2) is 18.2 Å². The molecule has 0 radical (unpaired) electrons. The highest BCUT2D eigenvalue weighted by Crippen LogP contribution is 2.50. The van der Waals surface area contributed by atoms with Crippen molar-refractivity contribution >= 4 is 0 Å². The van der Waals surface area contributed by atoms with Crippen LogP contribution in [0, 0.1) is 36.0 Å². The molecule has 20 heavy (non-hydrogen) atoms. The lowest BCUT2D eigenvalue weighted by Crippen LogP contribution is -2.35. The molecule has 2 nitrogen and oxygen atoms in total. The number of aliphatic hydroxyl groups excluding tert-OH is 1. The predicted octanol–water partition coefficient (Wildman–Crippen LogP) is 4.45. The Hall–Kier alpha value is -1.33. The van der Waals surface area contributed by atoms with Gasteiger partial charge in [-0.2, -0.15) is 5.26 Å². The molecule has 2 heteroatoms. The van der Waals surface area contributed by atoms with Crippen LogP contribution in [0.1, 0.15) is 62.3 Å². The van der Waals surface area contributed by atoms with Crippen LogP contribution in [0.25, 0.3) is 0 Å². The Bertz CT molecular complexity index is 529. The molecule has 0 saturated heterocycles. The van der Waals surface area contributed by atoms with Crippen LogP contribution < -0.4 is 0 Å². The van der Waals surface area contributed by atoms with Crippen molar-refractivity contribution in [2.24, 2.45) is 10.8 Å². The number of aliphatic hydroxyl groups is 1. The number of hydrogen-bond donors (Lipinski definition) is 1. The molecule has 2 rings (SSSR count). The summed E-state index contributed by atoms with van der Waals surface area (Å²) in [6, 6.07) is 8.46. The van der Waals surface area contributed by atoms with Crippen LogP contribution in [0.4, 0.5) is 0 Å². The van der Waals surface area contributed by atoms with Gasteiger partial charge in [-0.15, -0.1) is 0 Å². The van der Waals surface area contributed by atoms with Gasteiger partial charge < -0.3 is 5.11 Å². The molecule has 0 spiro atoms. The van der Waals surface area contributed by atoms with Gasteiger partial charge in [-0.1, -0.05) is 32.0 Å². The lowest BCUT2D eigenvalue weighted by atomic mass is 9.62. The van der Waals surface area contributed by atoms with Crippen molar-refractivity contribution < 1.29 is 5.11 Å². The van der Waals surface area contributed by atoms with Crippen molar-refractivity contribution in [3.63, 3.8) is 0 Å². The van der Waals surface area contributed by atoms with Crippen molar-refractivity contribution in [1.29, 1.82) is 5.26 Å². The molecule has 0 heterocycles. The number of nitrogens with zero attached hydrogens (tertiary/aromatic N) is 1. The van der Waals surface area contributed by atoms with E-state index in [0.717, 1.165) is 31.2 Å². The van der Waals surface area contributed by atoms with Crippen LogP contribution in [-0.4, -0.2) is 5.11 Å². The third-order valence-electron chi connectivity index (χ3n) is 5.09. The molecule has 0 amide bonds. The molecule has 1 aliphatic rings. The van der Waals surface area contributed by atoms with Crippen LogP contribution in [0.5, 0.6) is 0 Å². The maximum atomic E-state index is 10.8. The molecule has 1 atom stereocenters. The average molecular weight is 271 g/mol. The molecule has 1 aromatic rings. The summed E-state index contributed by atoms with van der Waals surface area (Å²) >= 11 is 0. The Morgan fingerprint density at radius 1 is 1.10 bits per heavy atom. The van der Waals surface area contributed by atoms with E-state index < -0.39 is 11.5 Å². The van der Waals surface area contributed by atoms with E-state index in [1.54, 1.807) is 0 Å². The van der Waals surface area contributed by atoms with E-state index >= 15 is 0 Å². The van der Waals surface area contributed by atoms with Gasteiger partial charge in [0.15, 0.2) is 0 Å². The summed E-state index contributed by atoms with van der Waals surface area (Å²) in [6.45, 7) is 8.61. The summed E-state index contributed by atoms with van der Waals surface area (Å²) in [7, 11) is 0. The van der Waals surface area contributed by atoms with E-state index in [2.05, 4.69) is 33.8 Å². The summed E-state index contributed by atoms with van der Waals surface area (Å²) in [5.74, 6) is 0. The van der Waals surface area contributed by atoms with E-state index in [4.69, 9.17) is 0 Å². The first-order valence-corrected chi connectivity index (χ1v) is 7.46. The van der Waals surface area contributed by atoms with E-state index in [1.807, 2.05) is 18.2 Å². The monoisotopic (exact) mass is 271 g/mol. The summed E-state index contributed by atoms with van der Waals surface area (Å²) in [5.41, 5.74) is 2.96. The first kappa shape index (κ1) is 15.1. The smallest absolute Gasteiger partial charge is 0.0976 e. The van der Waals surface area contributed by atoms with E-state index in [9.17, 15) is 10.4 Å². The fourth-order valence-electron chi connectivity index (χ4n) is 3.07. The number of aryl methyl sites for hydroxylation is 2. The molecule has 1 aromatic carbocycles. The van der Waals surface area contributed by atoms with Crippen LogP contribution >= 0.6 is 0 Å². The average Bonchev–Trinajstić information content (AvgIpc) is 2.42. The summed E-state index contributed by atoms with van der Waals surface area (Å²) in [6.07, 6.45) is 2.89. The van der Waals surface area contributed by atoms with Crippen LogP contribution in [0.2, 0.25) is 0 Å². The highest BCUT2D eigenvalue weighted by atomic mass is 16.3. The van der Waals surface area contributed by atoms with Crippen molar-refractivity contribution in [3.05, 3.63) is 34.9 Å². The van der Waals surface area contributed by atoms with Gasteiger partial charge in [-0.3, -0.25) is 0 Å². The molecular weight excluding hydrogens is 246 g/mol. The largest absolute Gasteiger partial charge is 0.387 e. The Balaban J connectivity index is 2.28. The Kier molecular flexibility index (Phi) is 3.93. The predicted molar refractivity (Wildman–Crippen MR) is 81.2 cm³/mol. The van der Waals surface area contributed by atoms with Gasteiger partial charge in [-0.05, 0) is 61.6 Å². The van der Waals surface area contributed by atoms with E-state index in [0.29, 0.717) is 5.41 Å². The number of hydrogen-bond acceptors (Lipinski definition) is 2. The number of nitriles is 1. The minimum atomic E-state index is -0.678. The van der Waals surface area contributed by atoms with Crippen LogP contribution in [0.3, 0.4) is 0 Å². The second kappa shape index (κ2) is 5.22. The number of rotatable bonds is 2. The topological polar surface area (TPSA) is 44.0 Å². The van der Waals surface area contributed by atoms with Crippen molar-refractivity contribution in [3.8, 4) is 6.07 Å². The maximum Gasteiger partial charge on any atom is 0.0976 e. The second-order valence-corrected chi connectivity index (χ2v) is 7.18. The van der Waals surface area contributed by atoms with Gasteiger partial charge in [0, 0.05) is 0 Å². The fourth-order valence-corrected chi connectivity index (χ4v) is 3.07. The standard InChI is InChI=1S/C18H25NO/c1-13-5-6-15(11-14(13)2)16(20)18(12-19)9-7-17(3,4)8-10-18/h5-6,11,16,20H,7-10H2,1-4H3. The van der Waals surface area contributed by atoms with Gasteiger partial charge in [0.1, 0.15) is 0 Å². The Labute approximate surface area is 122 Å². The Morgan fingerprint density at radius 2 is 1.70 bits per heavy atom. The van der Waals surface area contributed by atoms with Gasteiger partial charge in [0.2, 0.25) is 0 Å². The first-order valence-electron chi connectivity index (χ1n) is 7.46. The fraction of sp³-hybridized carbons (Fsp3) is 0.611. The molecule has 1 aliphatic carbocycles. The SMILES string of the molecule is Cc1ccc(C(O)C2(C#N)CCC(C)(C)CC2)cc1C. The summed E-state index contributed by atoms with van der Waals surface area (Å²) in [5, 5.41) is 20.4. The van der Waals surface area contributed by atoms with E-state index in [1.165, 1.54) is 11.1 Å². The molecule has 0 bridgehead atoms. The molecule has 0 aromatic heterocycles. The van der Waals surface area contributed by atoms with Crippen molar-refractivity contribution in [1.82, 2.24) is 0 Å². The highest BCUT2D eigenvalue weighted by Gasteiger charge is 2.44. The lowest BCUT2D eigenvalue weighted by molar-refractivity contribution is 0.00952. The highest BCUT2D eigenvalue weighted by molar-refractivity contribution is 5.33. The van der Waals surface area contributed by atoms with Gasteiger partial charge in [0.05, 0.1) is 17.6 Å². The van der Waals surface area contributed by atoms with Gasteiger partial charge in [-0.25, -0.2) is 0 Å². The minimum Gasteiger partial charge on any atom is -0.387 e. The second-order valence-electron chi connectivity index (χ2n) is 7.18. The van der Waals surface area contributed by atoms with Crippen LogP contribution in [-0.2, 0) is 0 Å². The number of benzene rings is 1. The van der Waals surface area contributed by atoms with Crippen molar-refractivity contribution in [2.45, 2.75) is 59.5 Å². The zero-order chi connectivity index (χ0) is 15.0. The van der Waals surface area contributed by atoms with E-state index in [-0.39, 0.29) is 0 Å². The zero-order valence-electron chi connectivity index (χ0n) is 13.0. The Morgan fingerprint density at radius 3 is 2.20 bits per heavy atom. The third kappa shape index (κ3) is 2.74. The maximum absolute atomic E-state index is 10.8. The molecule has 1 unspecified atom stereocenters. The minimum absolute atomic E-state index is 0.295. The summed E-state index contributed by atoms with van der Waals surface area (Å²) in [4.78, 5) is 0. The van der Waals surface area contributed by atoms with Gasteiger partial charge in [0.25, 0.3) is 0 Å². The molecule has 0 aliphatic heterocycles. The molecule has 108 valence electrons. The normalized spacial score (nSPS) is 22.0. The summed E-state index contributed by atoms with van der Waals surface area (Å²) < 4.78 is 0. The van der Waals surface area contributed by atoms with Crippen molar-refractivity contribution in [2.75, 3.05) is 0 Å². The lowest BCUT2D eigenvalue weighted by Gasteiger charge is -2.42. The first-order chi connectivity index (χ1) is 9.30. The molecule has 1 fully saturated rings. The molecular formula is C18H25NO. The third-order valence-corrected chi connectivity index (χ3v) is 5.09. The molecule has 1 N–H and O–H groups in total. The zero-order valence-corrected chi connectivity index (χ0v) is 13.0. The quantitative estimate of drug-likeness (QED) is 0.863. The molecule has 1 saturated carbocycles. The van der Waals surface area contributed by atoms with Gasteiger partial charge >= 0.3 is 0 Å².